The van der Waals surface area contributed by atoms with Gasteiger partial charge in [-0.05, 0) is 46.4 Å². The van der Waals surface area contributed by atoms with E-state index in [0.29, 0.717) is 6.61 Å². The van der Waals surface area contributed by atoms with Crippen molar-refractivity contribution in [1.29, 1.82) is 0 Å². The van der Waals surface area contributed by atoms with Gasteiger partial charge in [-0.25, -0.2) is 0 Å². The van der Waals surface area contributed by atoms with Crippen LogP contribution in [0, 0.1) is 0 Å². The van der Waals surface area contributed by atoms with E-state index in [2.05, 4.69) is 67.6 Å². The van der Waals surface area contributed by atoms with Crippen LogP contribution in [0.5, 0.6) is 5.75 Å². The van der Waals surface area contributed by atoms with Crippen LogP contribution in [0.4, 0.5) is 0 Å². The molecule has 0 aliphatic rings. The van der Waals surface area contributed by atoms with Gasteiger partial charge in [-0.3, -0.25) is 0 Å². The van der Waals surface area contributed by atoms with E-state index < -0.39 is 0 Å². The number of aliphatic hydroxyl groups excluding tert-OH is 1. The molecule has 0 radical (unpaired) electrons. The summed E-state index contributed by atoms with van der Waals surface area (Å²) < 4.78 is 5.49. The molecule has 0 atom stereocenters. The van der Waals surface area contributed by atoms with Gasteiger partial charge in [0.05, 0.1) is 6.61 Å². The van der Waals surface area contributed by atoms with Crippen LogP contribution in [0.3, 0.4) is 0 Å². The zero-order valence-electron chi connectivity index (χ0n) is 15.1. The first-order valence-electron chi connectivity index (χ1n) is 9.01. The van der Waals surface area contributed by atoms with Gasteiger partial charge in [0.1, 0.15) is 12.4 Å². The lowest BCUT2D eigenvalue weighted by Crippen LogP contribution is -2.01. The quantitative estimate of drug-likeness (QED) is 0.579. The van der Waals surface area contributed by atoms with Gasteiger partial charge in [0.25, 0.3) is 0 Å². The minimum absolute atomic E-state index is 0.0219. The Morgan fingerprint density at radius 1 is 0.731 bits per heavy atom. The fourth-order valence-corrected chi connectivity index (χ4v) is 3.17. The van der Waals surface area contributed by atoms with Crippen molar-refractivity contribution in [3.63, 3.8) is 0 Å². The van der Waals surface area contributed by atoms with E-state index in [1.807, 2.05) is 24.3 Å². The van der Waals surface area contributed by atoms with Gasteiger partial charge in [-0.1, -0.05) is 79.7 Å². The summed E-state index contributed by atoms with van der Waals surface area (Å²) in [4.78, 5) is 0. The van der Waals surface area contributed by atoms with E-state index in [4.69, 9.17) is 9.84 Å². The fraction of sp³-hybridized carbons (Fsp3) is 0.167. The van der Waals surface area contributed by atoms with Crippen LogP contribution in [-0.2, 0) is 0 Å². The highest BCUT2D eigenvalue weighted by Gasteiger charge is 2.12. The van der Waals surface area contributed by atoms with E-state index in [1.165, 1.54) is 27.8 Å². The van der Waals surface area contributed by atoms with E-state index in [9.17, 15) is 0 Å². The third kappa shape index (κ3) is 4.22. The first-order valence-corrected chi connectivity index (χ1v) is 9.01. The first kappa shape index (κ1) is 18.0. The fourth-order valence-electron chi connectivity index (χ4n) is 3.17. The van der Waals surface area contributed by atoms with Gasteiger partial charge in [-0.15, -0.1) is 0 Å². The maximum absolute atomic E-state index is 8.90. The SMILES string of the molecule is CCC(=C(c1ccccc1)c1ccccc1)c1ccc(OCCO)cc1. The maximum atomic E-state index is 8.90. The molecule has 0 heterocycles. The molecular formula is C24H24O2. The number of aliphatic hydroxyl groups is 1. The summed E-state index contributed by atoms with van der Waals surface area (Å²) in [6, 6.07) is 29.2. The van der Waals surface area contributed by atoms with Crippen LogP contribution < -0.4 is 4.74 Å². The number of hydrogen-bond donors (Lipinski definition) is 1. The summed E-state index contributed by atoms with van der Waals surface area (Å²) in [6.45, 7) is 2.53. The molecule has 0 saturated heterocycles. The zero-order chi connectivity index (χ0) is 18.2. The molecule has 3 aromatic carbocycles. The van der Waals surface area contributed by atoms with Crippen LogP contribution in [-0.4, -0.2) is 18.3 Å². The van der Waals surface area contributed by atoms with Gasteiger partial charge >= 0.3 is 0 Å². The van der Waals surface area contributed by atoms with Gasteiger partial charge in [0.2, 0.25) is 0 Å². The third-order valence-electron chi connectivity index (χ3n) is 4.34. The molecule has 0 aromatic heterocycles. The molecule has 0 aliphatic heterocycles. The molecule has 2 heteroatoms. The molecule has 0 aliphatic carbocycles. The van der Waals surface area contributed by atoms with Crippen molar-refractivity contribution in [1.82, 2.24) is 0 Å². The van der Waals surface area contributed by atoms with E-state index in [-0.39, 0.29) is 6.61 Å². The third-order valence-corrected chi connectivity index (χ3v) is 4.34. The van der Waals surface area contributed by atoms with Crippen LogP contribution in [0.2, 0.25) is 0 Å². The van der Waals surface area contributed by atoms with Crippen LogP contribution in [0.15, 0.2) is 84.9 Å². The Bertz CT molecular complexity index is 793. The lowest BCUT2D eigenvalue weighted by Gasteiger charge is -2.16. The predicted octanol–water partition coefficient (Wildman–Crippen LogP) is 5.43. The van der Waals surface area contributed by atoms with E-state index in [1.54, 1.807) is 0 Å². The average molecular weight is 344 g/mol. The van der Waals surface area contributed by atoms with Crippen molar-refractivity contribution in [3.05, 3.63) is 102 Å². The highest BCUT2D eigenvalue weighted by Crippen LogP contribution is 2.34. The van der Waals surface area contributed by atoms with Gasteiger partial charge in [0.15, 0.2) is 0 Å². The molecule has 0 spiro atoms. The molecular weight excluding hydrogens is 320 g/mol. The highest BCUT2D eigenvalue weighted by atomic mass is 16.5. The molecule has 0 amide bonds. The van der Waals surface area contributed by atoms with Gasteiger partial charge < -0.3 is 9.84 Å². The Morgan fingerprint density at radius 3 is 1.73 bits per heavy atom. The number of benzene rings is 3. The molecule has 3 aromatic rings. The minimum Gasteiger partial charge on any atom is -0.491 e. The predicted molar refractivity (Wildman–Crippen MR) is 108 cm³/mol. The monoisotopic (exact) mass is 344 g/mol. The van der Waals surface area contributed by atoms with Crippen molar-refractivity contribution in [2.45, 2.75) is 13.3 Å². The Morgan fingerprint density at radius 2 is 1.27 bits per heavy atom. The average Bonchev–Trinajstić information content (AvgIpc) is 2.72. The highest BCUT2D eigenvalue weighted by molar-refractivity contribution is 5.98. The Hall–Kier alpha value is -2.84. The summed E-state index contributed by atoms with van der Waals surface area (Å²) in [7, 11) is 0. The molecule has 3 rings (SSSR count). The zero-order valence-corrected chi connectivity index (χ0v) is 15.1. The second-order valence-electron chi connectivity index (χ2n) is 6.04. The molecule has 0 fully saturated rings. The normalized spacial score (nSPS) is 10.4. The van der Waals surface area contributed by atoms with Crippen molar-refractivity contribution >= 4 is 11.1 Å². The van der Waals surface area contributed by atoms with Crippen LogP contribution in [0.1, 0.15) is 30.0 Å². The summed E-state index contributed by atoms with van der Waals surface area (Å²) in [6.07, 6.45) is 0.927. The molecule has 0 saturated carbocycles. The lowest BCUT2D eigenvalue weighted by molar-refractivity contribution is 0.201. The summed E-state index contributed by atoms with van der Waals surface area (Å²) >= 11 is 0. The summed E-state index contributed by atoms with van der Waals surface area (Å²) in [5.41, 5.74) is 6.19. The van der Waals surface area contributed by atoms with Crippen molar-refractivity contribution < 1.29 is 9.84 Å². The minimum atomic E-state index is 0.0219. The standard InChI is InChI=1S/C24H24O2/c1-2-23(19-13-15-22(16-14-19)26-18-17-25)24(20-9-5-3-6-10-20)21-11-7-4-8-12-21/h3-16,25H,2,17-18H2,1H3. The summed E-state index contributed by atoms with van der Waals surface area (Å²) in [5.74, 6) is 0.777. The first-order chi connectivity index (χ1) is 12.8. The molecule has 0 bridgehead atoms. The molecule has 132 valence electrons. The topological polar surface area (TPSA) is 29.5 Å². The Balaban J connectivity index is 2.10. The van der Waals surface area contributed by atoms with E-state index >= 15 is 0 Å². The molecule has 0 unspecified atom stereocenters. The van der Waals surface area contributed by atoms with Crippen molar-refractivity contribution in [3.8, 4) is 5.75 Å². The molecule has 1 N–H and O–H groups in total. The molecule has 26 heavy (non-hydrogen) atoms. The lowest BCUT2D eigenvalue weighted by atomic mass is 9.88. The van der Waals surface area contributed by atoms with E-state index in [0.717, 1.165) is 12.2 Å². The Kier molecular flexibility index (Phi) is 6.24. The maximum Gasteiger partial charge on any atom is 0.119 e. The molecule has 2 nitrogen and oxygen atoms in total. The van der Waals surface area contributed by atoms with Gasteiger partial charge in [-0.2, -0.15) is 0 Å². The van der Waals surface area contributed by atoms with Gasteiger partial charge in [0, 0.05) is 0 Å². The smallest absolute Gasteiger partial charge is 0.119 e. The number of rotatable bonds is 7. The second-order valence-corrected chi connectivity index (χ2v) is 6.04. The number of allylic oxidation sites excluding steroid dienone is 1. The second kappa shape index (κ2) is 9.02. The van der Waals surface area contributed by atoms with Crippen molar-refractivity contribution in [2.75, 3.05) is 13.2 Å². The number of ether oxygens (including phenoxy) is 1. The summed E-state index contributed by atoms with van der Waals surface area (Å²) in [5, 5.41) is 8.90. The van der Waals surface area contributed by atoms with Crippen LogP contribution >= 0.6 is 0 Å². The Labute approximate surface area is 155 Å². The van der Waals surface area contributed by atoms with Crippen molar-refractivity contribution in [2.24, 2.45) is 0 Å². The largest absolute Gasteiger partial charge is 0.491 e. The number of hydrogen-bond acceptors (Lipinski definition) is 2. The van der Waals surface area contributed by atoms with Crippen LogP contribution in [0.25, 0.3) is 11.1 Å².